The van der Waals surface area contributed by atoms with Crippen LogP contribution in [0.3, 0.4) is 0 Å². The van der Waals surface area contributed by atoms with Gasteiger partial charge in [-0.3, -0.25) is 19.7 Å². The molecule has 0 aromatic carbocycles. The van der Waals surface area contributed by atoms with Crippen LogP contribution in [0, 0.1) is 23.2 Å². The molecule has 28 heavy (non-hydrogen) atoms. The van der Waals surface area contributed by atoms with E-state index in [1.165, 1.54) is 37.7 Å². The minimum absolute atomic E-state index is 0.0585. The molecule has 0 aliphatic heterocycles. The second kappa shape index (κ2) is 7.81. The van der Waals surface area contributed by atoms with Crippen LogP contribution in [0.5, 0.6) is 0 Å². The Morgan fingerprint density at radius 1 is 1.14 bits per heavy atom. The fourth-order valence-corrected chi connectivity index (χ4v) is 6.56. The number of carbonyl (C=O) groups excluding carboxylic acids is 3. The van der Waals surface area contributed by atoms with Crippen LogP contribution in [-0.2, 0) is 30.3 Å². The Kier molecular flexibility index (Phi) is 5.40. The maximum Gasteiger partial charge on any atom is 0.311 e. The summed E-state index contributed by atoms with van der Waals surface area (Å²) in [6, 6.07) is 0. The van der Waals surface area contributed by atoms with Gasteiger partial charge in [-0.15, -0.1) is 11.3 Å². The Bertz CT molecular complexity index is 739. The Morgan fingerprint density at radius 2 is 1.79 bits per heavy atom. The van der Waals surface area contributed by atoms with Crippen LogP contribution >= 0.6 is 11.3 Å². The number of ether oxygens (including phenoxy) is 2. The van der Waals surface area contributed by atoms with E-state index in [-0.39, 0.29) is 30.4 Å². The molecule has 1 heterocycles. The van der Waals surface area contributed by atoms with Gasteiger partial charge in [-0.05, 0) is 61.7 Å². The third-order valence-electron chi connectivity index (χ3n) is 6.40. The number of methoxy groups -OCH3 is 1. The van der Waals surface area contributed by atoms with E-state index in [1.807, 2.05) is 0 Å². The van der Waals surface area contributed by atoms with E-state index < -0.39 is 5.91 Å². The molecular weight excluding hydrogens is 380 g/mol. The fourth-order valence-electron chi connectivity index (χ4n) is 5.83. The summed E-state index contributed by atoms with van der Waals surface area (Å²) < 4.78 is 9.85. The summed E-state index contributed by atoms with van der Waals surface area (Å²) in [5.74, 6) is 1.27. The number of carbonyl (C=O) groups is 3. The first-order valence-corrected chi connectivity index (χ1v) is 10.8. The van der Waals surface area contributed by atoms with Crippen molar-refractivity contribution in [1.82, 2.24) is 4.98 Å². The summed E-state index contributed by atoms with van der Waals surface area (Å²) in [6.07, 6.45) is 7.92. The molecule has 0 unspecified atom stereocenters. The number of hydrogen-bond acceptors (Lipinski definition) is 7. The highest BCUT2D eigenvalue weighted by molar-refractivity contribution is 7.13. The highest BCUT2D eigenvalue weighted by Crippen LogP contribution is 2.61. The minimum Gasteiger partial charge on any atom is -0.469 e. The number of amides is 1. The van der Waals surface area contributed by atoms with Crippen molar-refractivity contribution in [3.63, 3.8) is 0 Å². The van der Waals surface area contributed by atoms with Crippen molar-refractivity contribution in [3.8, 4) is 0 Å². The van der Waals surface area contributed by atoms with Crippen molar-refractivity contribution in [2.24, 2.45) is 23.2 Å². The van der Waals surface area contributed by atoms with Crippen molar-refractivity contribution in [2.45, 2.75) is 51.4 Å². The number of hydrogen-bond donors (Lipinski definition) is 1. The maximum absolute atomic E-state index is 12.4. The van der Waals surface area contributed by atoms with Gasteiger partial charge < -0.3 is 9.47 Å². The fraction of sp³-hybridized carbons (Fsp3) is 0.700. The van der Waals surface area contributed by atoms with E-state index in [0.717, 1.165) is 37.0 Å². The Balaban J connectivity index is 1.23. The summed E-state index contributed by atoms with van der Waals surface area (Å²) in [7, 11) is 1.31. The first kappa shape index (κ1) is 19.4. The van der Waals surface area contributed by atoms with Crippen molar-refractivity contribution in [3.05, 3.63) is 11.1 Å². The number of nitrogens with zero attached hydrogens (tertiary/aromatic N) is 1. The molecular formula is C20H26N2O5S. The zero-order valence-corrected chi connectivity index (χ0v) is 16.9. The van der Waals surface area contributed by atoms with Crippen LogP contribution in [0.15, 0.2) is 5.38 Å². The highest BCUT2D eigenvalue weighted by atomic mass is 32.1. The number of aromatic nitrogens is 1. The normalized spacial score (nSPS) is 30.1. The summed E-state index contributed by atoms with van der Waals surface area (Å²) in [5.41, 5.74) is 0.645. The quantitative estimate of drug-likeness (QED) is 0.700. The minimum atomic E-state index is -0.419. The topological polar surface area (TPSA) is 94.6 Å². The molecule has 0 saturated heterocycles. The summed E-state index contributed by atoms with van der Waals surface area (Å²) in [5, 5.41) is 4.67. The van der Waals surface area contributed by atoms with E-state index in [0.29, 0.717) is 17.2 Å². The van der Waals surface area contributed by atoms with Gasteiger partial charge in [-0.25, -0.2) is 4.98 Å². The molecule has 1 N–H and O–H groups in total. The SMILES string of the molecule is COC(=O)Cc1csc(NC(=O)COC(=O)CC23CC4CC(CC(C4)C2)C3)n1. The predicted octanol–water partition coefficient (Wildman–Crippen LogP) is 2.95. The lowest BCUT2D eigenvalue weighted by Gasteiger charge is -2.56. The molecule has 0 atom stereocenters. The zero-order chi connectivity index (χ0) is 19.7. The van der Waals surface area contributed by atoms with E-state index in [4.69, 9.17) is 4.74 Å². The molecule has 8 heteroatoms. The van der Waals surface area contributed by atoms with Crippen LogP contribution in [0.4, 0.5) is 5.13 Å². The standard InChI is InChI=1S/C20H26N2O5S/c1-26-17(24)5-15-11-28-19(21-15)22-16(23)10-27-18(25)9-20-6-12-2-13(7-20)4-14(3-12)8-20/h11-14H,2-10H2,1H3,(H,21,22,23). The van der Waals surface area contributed by atoms with Crippen molar-refractivity contribution < 1.29 is 23.9 Å². The van der Waals surface area contributed by atoms with Crippen molar-refractivity contribution in [1.29, 1.82) is 0 Å². The molecule has 1 aromatic heterocycles. The van der Waals surface area contributed by atoms with E-state index in [2.05, 4.69) is 15.0 Å². The van der Waals surface area contributed by atoms with E-state index in [9.17, 15) is 14.4 Å². The lowest BCUT2D eigenvalue weighted by atomic mass is 9.49. The number of esters is 2. The van der Waals surface area contributed by atoms with Crippen LogP contribution in [0.2, 0.25) is 0 Å². The molecule has 4 aliphatic rings. The van der Waals surface area contributed by atoms with Crippen molar-refractivity contribution in [2.75, 3.05) is 19.0 Å². The van der Waals surface area contributed by atoms with Gasteiger partial charge in [-0.2, -0.15) is 0 Å². The Hall–Kier alpha value is -1.96. The maximum atomic E-state index is 12.4. The molecule has 4 saturated carbocycles. The zero-order valence-electron chi connectivity index (χ0n) is 16.1. The lowest BCUT2D eigenvalue weighted by Crippen LogP contribution is -2.47. The van der Waals surface area contributed by atoms with Gasteiger partial charge in [0.1, 0.15) is 0 Å². The molecule has 0 spiro atoms. The van der Waals surface area contributed by atoms with Crippen molar-refractivity contribution >= 4 is 34.3 Å². The van der Waals surface area contributed by atoms with Crippen LogP contribution in [-0.4, -0.2) is 36.5 Å². The van der Waals surface area contributed by atoms with Gasteiger partial charge in [0, 0.05) is 5.38 Å². The smallest absolute Gasteiger partial charge is 0.311 e. The van der Waals surface area contributed by atoms with Gasteiger partial charge in [0.2, 0.25) is 0 Å². The third-order valence-corrected chi connectivity index (χ3v) is 7.21. The largest absolute Gasteiger partial charge is 0.469 e. The van der Waals surface area contributed by atoms with E-state index >= 15 is 0 Å². The van der Waals surface area contributed by atoms with Gasteiger partial charge in [0.25, 0.3) is 5.91 Å². The number of rotatable bonds is 7. The average molecular weight is 407 g/mol. The molecule has 1 aromatic rings. The Morgan fingerprint density at radius 3 is 2.39 bits per heavy atom. The molecule has 1 amide bonds. The number of thiazole rings is 1. The second-order valence-electron chi connectivity index (χ2n) is 8.70. The lowest BCUT2D eigenvalue weighted by molar-refractivity contribution is -0.154. The molecule has 4 bridgehead atoms. The van der Waals surface area contributed by atoms with Crippen LogP contribution in [0.1, 0.15) is 50.6 Å². The summed E-state index contributed by atoms with van der Waals surface area (Å²) >= 11 is 1.22. The van der Waals surface area contributed by atoms with Gasteiger partial charge >= 0.3 is 11.9 Å². The Labute approximate surface area is 168 Å². The molecule has 5 rings (SSSR count). The first-order chi connectivity index (χ1) is 13.4. The first-order valence-electron chi connectivity index (χ1n) is 9.90. The predicted molar refractivity (Wildman–Crippen MR) is 103 cm³/mol. The number of nitrogens with one attached hydrogen (secondary N) is 1. The molecule has 0 radical (unpaired) electrons. The van der Waals surface area contributed by atoms with Gasteiger partial charge in [-0.1, -0.05) is 0 Å². The third kappa shape index (κ3) is 4.37. The van der Waals surface area contributed by atoms with E-state index in [1.54, 1.807) is 5.38 Å². The molecule has 4 fully saturated rings. The molecule has 4 aliphatic carbocycles. The van der Waals surface area contributed by atoms with Crippen LogP contribution in [0.25, 0.3) is 0 Å². The van der Waals surface area contributed by atoms with Crippen LogP contribution < -0.4 is 5.32 Å². The molecule has 7 nitrogen and oxygen atoms in total. The monoisotopic (exact) mass is 406 g/mol. The molecule has 152 valence electrons. The van der Waals surface area contributed by atoms with Gasteiger partial charge in [0.15, 0.2) is 11.7 Å². The summed E-state index contributed by atoms with van der Waals surface area (Å²) in [4.78, 5) is 39.8. The average Bonchev–Trinajstić information content (AvgIpc) is 3.05. The summed E-state index contributed by atoms with van der Waals surface area (Å²) in [6.45, 7) is -0.308. The van der Waals surface area contributed by atoms with Gasteiger partial charge in [0.05, 0.1) is 25.6 Å². The highest BCUT2D eigenvalue weighted by Gasteiger charge is 2.51. The number of anilines is 1. The second-order valence-corrected chi connectivity index (χ2v) is 9.56.